The maximum absolute atomic E-state index is 12.3. The molecule has 0 spiro atoms. The molecule has 2 rings (SSSR count). The van der Waals surface area contributed by atoms with Gasteiger partial charge in [-0.1, -0.05) is 0 Å². The first-order chi connectivity index (χ1) is 8.00. The van der Waals surface area contributed by atoms with Crippen LogP contribution in [0.1, 0.15) is 6.92 Å². The highest BCUT2D eigenvalue weighted by Crippen LogP contribution is 2.34. The van der Waals surface area contributed by atoms with Gasteiger partial charge in [-0.05, 0) is 19.1 Å². The van der Waals surface area contributed by atoms with Gasteiger partial charge in [-0.3, -0.25) is 0 Å². The topological polar surface area (TPSA) is 75.6 Å². The third-order valence-corrected chi connectivity index (χ3v) is 5.32. The zero-order chi connectivity index (χ0) is 12.6. The zero-order valence-electron chi connectivity index (χ0n) is 9.67. The number of ether oxygens (including phenoxy) is 1. The Bertz CT molecular complexity index is 526. The van der Waals surface area contributed by atoms with Crippen molar-refractivity contribution in [3.8, 4) is 5.75 Å². The predicted octanol–water partition coefficient (Wildman–Crippen LogP) is 0.644. The van der Waals surface area contributed by atoms with Crippen LogP contribution in [0.25, 0.3) is 0 Å². The number of sulfone groups is 1. The molecule has 2 atom stereocenters. The highest BCUT2D eigenvalue weighted by atomic mass is 32.2. The summed E-state index contributed by atoms with van der Waals surface area (Å²) in [5.74, 6) is 0.486. The highest BCUT2D eigenvalue weighted by molar-refractivity contribution is 7.92. The molecule has 94 valence electrons. The van der Waals surface area contributed by atoms with Gasteiger partial charge in [0.15, 0.2) is 9.84 Å². The number of aliphatic hydroxyl groups is 1. The Kier molecular flexibility index (Phi) is 3.01. The van der Waals surface area contributed by atoms with Gasteiger partial charge in [0, 0.05) is 12.1 Å². The molecule has 0 radical (unpaired) electrons. The van der Waals surface area contributed by atoms with Crippen LogP contribution in [0.5, 0.6) is 5.75 Å². The number of benzene rings is 1. The molecule has 1 heterocycles. The summed E-state index contributed by atoms with van der Waals surface area (Å²) < 4.78 is 29.5. The van der Waals surface area contributed by atoms with Crippen molar-refractivity contribution >= 4 is 15.5 Å². The molecule has 0 saturated heterocycles. The fourth-order valence-corrected chi connectivity index (χ4v) is 3.85. The summed E-state index contributed by atoms with van der Waals surface area (Å²) in [6.07, 6.45) is 0. The van der Waals surface area contributed by atoms with Crippen molar-refractivity contribution < 1.29 is 18.3 Å². The van der Waals surface area contributed by atoms with E-state index in [4.69, 9.17) is 4.74 Å². The molecule has 0 bridgehead atoms. The Hall–Kier alpha value is -1.27. The average Bonchev–Trinajstić information content (AvgIpc) is 2.28. The first-order valence-corrected chi connectivity index (χ1v) is 6.84. The van der Waals surface area contributed by atoms with E-state index in [2.05, 4.69) is 5.32 Å². The summed E-state index contributed by atoms with van der Waals surface area (Å²) >= 11 is 0. The summed E-state index contributed by atoms with van der Waals surface area (Å²) in [6, 6.07) is 4.54. The number of methoxy groups -OCH3 is 1. The fourth-order valence-electron chi connectivity index (χ4n) is 2.01. The molecule has 2 N–H and O–H groups in total. The van der Waals surface area contributed by atoms with E-state index in [9.17, 15) is 13.5 Å². The summed E-state index contributed by atoms with van der Waals surface area (Å²) in [5, 5.41) is 11.5. The number of nitrogens with one attached hydrogen (secondary N) is 1. The largest absolute Gasteiger partial charge is 0.497 e. The van der Waals surface area contributed by atoms with E-state index in [1.165, 1.54) is 13.2 Å². The van der Waals surface area contributed by atoms with Crippen LogP contribution in [0.2, 0.25) is 0 Å². The average molecular weight is 257 g/mol. The lowest BCUT2D eigenvalue weighted by atomic mass is 10.2. The first kappa shape index (κ1) is 12.2. The second-order valence-corrected chi connectivity index (χ2v) is 6.20. The van der Waals surface area contributed by atoms with Gasteiger partial charge in [-0.15, -0.1) is 0 Å². The van der Waals surface area contributed by atoms with Crippen molar-refractivity contribution in [3.05, 3.63) is 18.2 Å². The summed E-state index contributed by atoms with van der Waals surface area (Å²) in [4.78, 5) is 0.189. The van der Waals surface area contributed by atoms with Crippen LogP contribution in [-0.2, 0) is 9.84 Å². The lowest BCUT2D eigenvalue weighted by molar-refractivity contribution is 0.282. The number of aliphatic hydroxyl groups excluding tert-OH is 1. The molecule has 1 aromatic carbocycles. The van der Waals surface area contributed by atoms with Crippen LogP contribution in [0.15, 0.2) is 23.1 Å². The second kappa shape index (κ2) is 4.19. The molecule has 1 aromatic rings. The Balaban J connectivity index is 2.60. The van der Waals surface area contributed by atoms with E-state index in [1.54, 1.807) is 19.1 Å². The molecule has 0 amide bonds. The van der Waals surface area contributed by atoms with Crippen molar-refractivity contribution in [2.24, 2.45) is 0 Å². The Labute approximate surface area is 100 Å². The summed E-state index contributed by atoms with van der Waals surface area (Å²) in [7, 11) is -2.02. The molecule has 17 heavy (non-hydrogen) atoms. The van der Waals surface area contributed by atoms with E-state index in [1.807, 2.05) is 0 Å². The van der Waals surface area contributed by atoms with Gasteiger partial charge in [-0.2, -0.15) is 0 Å². The lowest BCUT2D eigenvalue weighted by Gasteiger charge is -2.31. The van der Waals surface area contributed by atoms with E-state index < -0.39 is 21.7 Å². The van der Waals surface area contributed by atoms with Crippen LogP contribution < -0.4 is 10.1 Å². The fraction of sp³-hybridized carbons (Fsp3) is 0.455. The molecule has 6 heteroatoms. The first-order valence-electron chi connectivity index (χ1n) is 5.30. The molecule has 5 nitrogen and oxygen atoms in total. The molecule has 0 aliphatic carbocycles. The van der Waals surface area contributed by atoms with Crippen LogP contribution in [0.4, 0.5) is 5.69 Å². The number of anilines is 1. The van der Waals surface area contributed by atoms with Gasteiger partial charge in [0.05, 0.1) is 24.3 Å². The number of rotatable bonds is 2. The molecule has 2 unspecified atom stereocenters. The standard InChI is InChI=1S/C11H15NO4S/c1-7-11(6-13)17(14,15)10-5-8(16-2)3-4-9(10)12-7/h3-5,7,11-13H,6H2,1-2H3. The van der Waals surface area contributed by atoms with Crippen LogP contribution in [-0.4, -0.2) is 38.5 Å². The third kappa shape index (κ3) is 1.87. The molecule has 1 aliphatic heterocycles. The normalized spacial score (nSPS) is 25.8. The van der Waals surface area contributed by atoms with E-state index in [0.717, 1.165) is 0 Å². The smallest absolute Gasteiger partial charge is 0.187 e. The summed E-state index contributed by atoms with van der Waals surface area (Å²) in [6.45, 7) is 1.35. The van der Waals surface area contributed by atoms with Crippen LogP contribution in [0.3, 0.4) is 0 Å². The maximum atomic E-state index is 12.3. The molecule has 1 aliphatic rings. The summed E-state index contributed by atoms with van der Waals surface area (Å²) in [5.41, 5.74) is 0.558. The Morgan fingerprint density at radius 1 is 1.47 bits per heavy atom. The maximum Gasteiger partial charge on any atom is 0.187 e. The van der Waals surface area contributed by atoms with E-state index >= 15 is 0 Å². The van der Waals surface area contributed by atoms with Crippen molar-refractivity contribution in [2.45, 2.75) is 23.1 Å². The Morgan fingerprint density at radius 2 is 2.18 bits per heavy atom. The van der Waals surface area contributed by atoms with Gasteiger partial charge >= 0.3 is 0 Å². The van der Waals surface area contributed by atoms with Crippen molar-refractivity contribution in [1.82, 2.24) is 0 Å². The van der Waals surface area contributed by atoms with Crippen molar-refractivity contribution in [2.75, 3.05) is 19.0 Å². The monoisotopic (exact) mass is 257 g/mol. The lowest BCUT2D eigenvalue weighted by Crippen LogP contribution is -2.44. The van der Waals surface area contributed by atoms with E-state index in [0.29, 0.717) is 11.4 Å². The molecule has 0 fully saturated rings. The van der Waals surface area contributed by atoms with Gasteiger partial charge < -0.3 is 15.2 Å². The van der Waals surface area contributed by atoms with Crippen molar-refractivity contribution in [3.63, 3.8) is 0 Å². The number of fused-ring (bicyclic) bond motifs is 1. The minimum atomic E-state index is -3.51. The molecular formula is C11H15NO4S. The third-order valence-electron chi connectivity index (χ3n) is 3.01. The van der Waals surface area contributed by atoms with Crippen LogP contribution in [0, 0.1) is 0 Å². The van der Waals surface area contributed by atoms with Gasteiger partial charge in [-0.25, -0.2) is 8.42 Å². The number of hydrogen-bond acceptors (Lipinski definition) is 5. The number of hydrogen-bond donors (Lipinski definition) is 2. The Morgan fingerprint density at radius 3 is 2.76 bits per heavy atom. The molecule has 0 saturated carbocycles. The van der Waals surface area contributed by atoms with Gasteiger partial charge in [0.1, 0.15) is 11.0 Å². The van der Waals surface area contributed by atoms with Crippen molar-refractivity contribution in [1.29, 1.82) is 0 Å². The van der Waals surface area contributed by atoms with Crippen LogP contribution >= 0.6 is 0 Å². The SMILES string of the molecule is COc1ccc2c(c1)S(=O)(=O)C(CO)C(C)N2. The molecule has 0 aromatic heterocycles. The quantitative estimate of drug-likeness (QED) is 0.813. The van der Waals surface area contributed by atoms with E-state index in [-0.39, 0.29) is 10.9 Å². The zero-order valence-corrected chi connectivity index (χ0v) is 10.5. The highest BCUT2D eigenvalue weighted by Gasteiger charge is 2.38. The predicted molar refractivity (Wildman–Crippen MR) is 64.1 cm³/mol. The minimum absolute atomic E-state index is 0.189. The van der Waals surface area contributed by atoms with Gasteiger partial charge in [0.25, 0.3) is 0 Å². The molecular weight excluding hydrogens is 242 g/mol. The minimum Gasteiger partial charge on any atom is -0.497 e. The second-order valence-electron chi connectivity index (χ2n) is 4.06. The van der Waals surface area contributed by atoms with Gasteiger partial charge in [0.2, 0.25) is 0 Å².